The third kappa shape index (κ3) is 2.50. The van der Waals surface area contributed by atoms with E-state index in [0.29, 0.717) is 12.1 Å². The molecule has 1 aromatic heterocycles. The molecule has 1 heterocycles. The Hall–Kier alpha value is -2.31. The summed E-state index contributed by atoms with van der Waals surface area (Å²) in [6, 6.07) is 2.73. The van der Waals surface area contributed by atoms with Crippen LogP contribution in [0.5, 0.6) is 11.6 Å². The number of ether oxygens (including phenoxy) is 1. The summed E-state index contributed by atoms with van der Waals surface area (Å²) in [6.07, 6.45) is 0. The lowest BCUT2D eigenvalue weighted by Gasteiger charge is -2.07. The van der Waals surface area contributed by atoms with Gasteiger partial charge in [-0.1, -0.05) is 0 Å². The Kier molecular flexibility index (Phi) is 3.05. The third-order valence-electron chi connectivity index (χ3n) is 1.98. The van der Waals surface area contributed by atoms with Crippen molar-refractivity contribution in [2.75, 3.05) is 5.73 Å². The Bertz CT molecular complexity index is 584. The average molecular weight is 258 g/mol. The van der Waals surface area contributed by atoms with Crippen LogP contribution in [0.4, 0.5) is 23.4 Å². The van der Waals surface area contributed by atoms with Crippen molar-refractivity contribution in [2.24, 2.45) is 0 Å². The van der Waals surface area contributed by atoms with Crippen LogP contribution < -0.4 is 10.5 Å². The molecule has 0 aliphatic heterocycles. The molecule has 7 heteroatoms. The van der Waals surface area contributed by atoms with Crippen LogP contribution in [0.15, 0.2) is 24.3 Å². The van der Waals surface area contributed by atoms with Gasteiger partial charge in [0.25, 0.3) is 5.88 Å². The van der Waals surface area contributed by atoms with Gasteiger partial charge in [0.05, 0.1) is 0 Å². The van der Waals surface area contributed by atoms with E-state index in [2.05, 4.69) is 4.98 Å². The van der Waals surface area contributed by atoms with Crippen LogP contribution in [-0.2, 0) is 0 Å². The van der Waals surface area contributed by atoms with Crippen LogP contribution in [0, 0.1) is 23.3 Å². The fourth-order valence-corrected chi connectivity index (χ4v) is 1.23. The molecule has 0 saturated heterocycles. The molecule has 2 rings (SSSR count). The van der Waals surface area contributed by atoms with Crippen LogP contribution in [-0.4, -0.2) is 4.98 Å². The number of benzene rings is 1. The molecular weight excluding hydrogens is 252 g/mol. The minimum absolute atomic E-state index is 0.315. The predicted octanol–water partition coefficient (Wildman–Crippen LogP) is 3.01. The Morgan fingerprint density at radius 1 is 0.889 bits per heavy atom. The molecule has 0 fully saturated rings. The highest BCUT2D eigenvalue weighted by Gasteiger charge is 2.12. The summed E-state index contributed by atoms with van der Waals surface area (Å²) in [7, 11) is 0. The Morgan fingerprint density at radius 2 is 1.50 bits per heavy atom. The molecule has 0 unspecified atom stereocenters. The van der Waals surface area contributed by atoms with Gasteiger partial charge >= 0.3 is 0 Å². The smallest absolute Gasteiger partial charge is 0.258 e. The average Bonchev–Trinajstić information content (AvgIpc) is 2.24. The second kappa shape index (κ2) is 4.52. The van der Waals surface area contributed by atoms with Crippen LogP contribution in [0.2, 0.25) is 0 Å². The second-order valence-electron chi connectivity index (χ2n) is 3.35. The lowest BCUT2D eigenvalue weighted by molar-refractivity contribution is 0.412. The van der Waals surface area contributed by atoms with Gasteiger partial charge in [0, 0.05) is 24.3 Å². The zero-order chi connectivity index (χ0) is 13.3. The standard InChI is InChI=1S/C11H6F4N2O/c12-5-1-6(13)3-7(2-5)18-11-9(15)4-8(14)10(16)17-11/h1-4H,(H2,16,17). The molecule has 0 saturated carbocycles. The highest BCUT2D eigenvalue weighted by Crippen LogP contribution is 2.25. The number of nitrogens with zero attached hydrogens (tertiary/aromatic N) is 1. The maximum atomic E-state index is 13.2. The van der Waals surface area contributed by atoms with Gasteiger partial charge in [0.2, 0.25) is 0 Å². The minimum Gasteiger partial charge on any atom is -0.436 e. The molecule has 0 amide bonds. The number of anilines is 1. The van der Waals surface area contributed by atoms with E-state index in [9.17, 15) is 17.6 Å². The first kappa shape index (κ1) is 12.2. The summed E-state index contributed by atoms with van der Waals surface area (Å²) in [5.74, 6) is -5.55. The predicted molar refractivity (Wildman–Crippen MR) is 55.0 cm³/mol. The van der Waals surface area contributed by atoms with Crippen LogP contribution in [0.3, 0.4) is 0 Å². The minimum atomic E-state index is -1.13. The van der Waals surface area contributed by atoms with Crippen molar-refractivity contribution in [3.05, 3.63) is 47.5 Å². The lowest BCUT2D eigenvalue weighted by atomic mass is 10.3. The maximum Gasteiger partial charge on any atom is 0.258 e. The molecule has 1 aromatic carbocycles. The molecule has 3 nitrogen and oxygen atoms in total. The van der Waals surface area contributed by atoms with E-state index >= 15 is 0 Å². The molecular formula is C11H6F4N2O. The Balaban J connectivity index is 2.36. The topological polar surface area (TPSA) is 48.1 Å². The summed E-state index contributed by atoms with van der Waals surface area (Å²) in [5, 5.41) is 0. The SMILES string of the molecule is Nc1nc(Oc2cc(F)cc(F)c2)c(F)cc1F. The van der Waals surface area contributed by atoms with Crippen molar-refractivity contribution in [3.8, 4) is 11.6 Å². The van der Waals surface area contributed by atoms with Gasteiger partial charge in [-0.25, -0.2) is 17.6 Å². The Morgan fingerprint density at radius 3 is 2.11 bits per heavy atom. The second-order valence-corrected chi connectivity index (χ2v) is 3.35. The summed E-state index contributed by atoms with van der Waals surface area (Å²) >= 11 is 0. The van der Waals surface area contributed by atoms with Gasteiger partial charge in [0.15, 0.2) is 17.5 Å². The van der Waals surface area contributed by atoms with E-state index < -0.39 is 35.0 Å². The molecule has 94 valence electrons. The van der Waals surface area contributed by atoms with E-state index in [1.165, 1.54) is 0 Å². The fourth-order valence-electron chi connectivity index (χ4n) is 1.23. The number of hydrogen-bond acceptors (Lipinski definition) is 3. The maximum absolute atomic E-state index is 13.2. The van der Waals surface area contributed by atoms with Crippen molar-refractivity contribution in [3.63, 3.8) is 0 Å². The molecule has 0 aliphatic carbocycles. The van der Waals surface area contributed by atoms with Gasteiger partial charge in [-0.3, -0.25) is 0 Å². The molecule has 2 N–H and O–H groups in total. The van der Waals surface area contributed by atoms with Crippen molar-refractivity contribution in [2.45, 2.75) is 0 Å². The number of pyridine rings is 1. The number of hydrogen-bond donors (Lipinski definition) is 1. The zero-order valence-corrected chi connectivity index (χ0v) is 8.75. The van der Waals surface area contributed by atoms with Crippen molar-refractivity contribution < 1.29 is 22.3 Å². The first-order chi connectivity index (χ1) is 8.45. The molecule has 0 aliphatic rings. The number of aromatic nitrogens is 1. The van der Waals surface area contributed by atoms with Gasteiger partial charge in [-0.2, -0.15) is 4.98 Å². The van der Waals surface area contributed by atoms with E-state index in [1.54, 1.807) is 0 Å². The molecule has 0 atom stereocenters. The number of rotatable bonds is 2. The summed E-state index contributed by atoms with van der Waals surface area (Å²) < 4.78 is 56.6. The highest BCUT2D eigenvalue weighted by molar-refractivity contribution is 5.37. The summed E-state index contributed by atoms with van der Waals surface area (Å²) in [5.41, 5.74) is 5.12. The van der Waals surface area contributed by atoms with Crippen LogP contribution >= 0.6 is 0 Å². The number of halogens is 4. The van der Waals surface area contributed by atoms with E-state index in [-0.39, 0.29) is 5.75 Å². The van der Waals surface area contributed by atoms with Crippen LogP contribution in [0.1, 0.15) is 0 Å². The quantitative estimate of drug-likeness (QED) is 0.842. The molecule has 18 heavy (non-hydrogen) atoms. The van der Waals surface area contributed by atoms with Gasteiger partial charge in [0.1, 0.15) is 17.4 Å². The molecule has 2 aromatic rings. The molecule has 0 bridgehead atoms. The molecule has 0 radical (unpaired) electrons. The number of nitrogen functional groups attached to an aromatic ring is 1. The highest BCUT2D eigenvalue weighted by atomic mass is 19.1. The zero-order valence-electron chi connectivity index (χ0n) is 8.75. The Labute approximate surface area is 98.8 Å². The summed E-state index contributed by atoms with van der Waals surface area (Å²) in [6.45, 7) is 0. The fraction of sp³-hybridized carbons (Fsp3) is 0. The third-order valence-corrected chi connectivity index (χ3v) is 1.98. The lowest BCUT2D eigenvalue weighted by Crippen LogP contribution is -2.00. The molecule has 0 spiro atoms. The van der Waals surface area contributed by atoms with E-state index in [0.717, 1.165) is 12.1 Å². The van der Waals surface area contributed by atoms with Crippen LogP contribution in [0.25, 0.3) is 0 Å². The largest absolute Gasteiger partial charge is 0.436 e. The van der Waals surface area contributed by atoms with E-state index in [4.69, 9.17) is 10.5 Å². The van der Waals surface area contributed by atoms with Gasteiger partial charge < -0.3 is 10.5 Å². The van der Waals surface area contributed by atoms with Crippen molar-refractivity contribution in [1.82, 2.24) is 4.98 Å². The normalized spacial score (nSPS) is 10.4. The summed E-state index contributed by atoms with van der Waals surface area (Å²) in [4.78, 5) is 3.29. The first-order valence-corrected chi connectivity index (χ1v) is 4.71. The monoisotopic (exact) mass is 258 g/mol. The van der Waals surface area contributed by atoms with Crippen molar-refractivity contribution >= 4 is 5.82 Å². The van der Waals surface area contributed by atoms with Gasteiger partial charge in [-0.15, -0.1) is 0 Å². The first-order valence-electron chi connectivity index (χ1n) is 4.71. The number of nitrogens with two attached hydrogens (primary N) is 1. The van der Waals surface area contributed by atoms with Crippen molar-refractivity contribution in [1.29, 1.82) is 0 Å². The van der Waals surface area contributed by atoms with Gasteiger partial charge in [-0.05, 0) is 0 Å². The van der Waals surface area contributed by atoms with E-state index in [1.807, 2.05) is 0 Å².